The third kappa shape index (κ3) is 2.76. The molecular formula is C10H8ClFO3. The van der Waals surface area contributed by atoms with Crippen molar-refractivity contribution in [3.63, 3.8) is 0 Å². The van der Waals surface area contributed by atoms with E-state index in [0.717, 1.165) is 6.07 Å². The summed E-state index contributed by atoms with van der Waals surface area (Å²) in [7, 11) is 1.17. The average molecular weight is 231 g/mol. The second-order valence-electron chi connectivity index (χ2n) is 2.78. The molecule has 0 bridgehead atoms. The van der Waals surface area contributed by atoms with Gasteiger partial charge >= 0.3 is 5.97 Å². The van der Waals surface area contributed by atoms with Crippen LogP contribution in [0, 0.1) is 5.82 Å². The smallest absolute Gasteiger partial charge is 0.313 e. The molecule has 0 saturated carbocycles. The van der Waals surface area contributed by atoms with Crippen LogP contribution in [0.15, 0.2) is 18.2 Å². The first-order chi connectivity index (χ1) is 7.06. The fourth-order valence-corrected chi connectivity index (χ4v) is 1.25. The molecule has 3 nitrogen and oxygen atoms in total. The van der Waals surface area contributed by atoms with Gasteiger partial charge in [0.15, 0.2) is 5.78 Å². The molecule has 0 aliphatic carbocycles. The van der Waals surface area contributed by atoms with E-state index in [1.165, 1.54) is 19.2 Å². The number of carbonyl (C=O) groups is 2. The molecule has 0 radical (unpaired) electrons. The van der Waals surface area contributed by atoms with E-state index < -0.39 is 24.0 Å². The second kappa shape index (κ2) is 4.89. The van der Waals surface area contributed by atoms with Crippen molar-refractivity contribution < 1.29 is 18.7 Å². The lowest BCUT2D eigenvalue weighted by Crippen LogP contribution is -2.10. The van der Waals surface area contributed by atoms with Gasteiger partial charge in [0.2, 0.25) is 0 Å². The molecule has 0 saturated heterocycles. The minimum atomic E-state index is -0.688. The predicted molar refractivity (Wildman–Crippen MR) is 52.4 cm³/mol. The average Bonchev–Trinajstić information content (AvgIpc) is 2.21. The van der Waals surface area contributed by atoms with Gasteiger partial charge in [0.25, 0.3) is 0 Å². The van der Waals surface area contributed by atoms with Crippen LogP contribution in [0.4, 0.5) is 4.39 Å². The molecule has 0 unspecified atom stereocenters. The van der Waals surface area contributed by atoms with Crippen molar-refractivity contribution in [2.24, 2.45) is 0 Å². The highest BCUT2D eigenvalue weighted by atomic mass is 35.5. The number of ether oxygens (including phenoxy) is 1. The Balaban J connectivity index is 2.92. The van der Waals surface area contributed by atoms with Crippen LogP contribution in [-0.2, 0) is 9.53 Å². The van der Waals surface area contributed by atoms with E-state index in [1.807, 2.05) is 0 Å². The molecule has 0 amide bonds. The predicted octanol–water partition coefficient (Wildman–Crippen LogP) is 2.22. The van der Waals surface area contributed by atoms with Crippen molar-refractivity contribution in [2.75, 3.05) is 7.11 Å². The van der Waals surface area contributed by atoms with E-state index in [-0.39, 0.29) is 10.6 Å². The zero-order chi connectivity index (χ0) is 11.4. The molecule has 0 aromatic heterocycles. The van der Waals surface area contributed by atoms with Crippen LogP contribution in [0.5, 0.6) is 0 Å². The topological polar surface area (TPSA) is 43.4 Å². The number of halogens is 2. The molecule has 0 aliphatic rings. The molecule has 0 N–H and O–H groups in total. The van der Waals surface area contributed by atoms with Crippen molar-refractivity contribution in [1.29, 1.82) is 0 Å². The van der Waals surface area contributed by atoms with E-state index in [9.17, 15) is 14.0 Å². The first-order valence-corrected chi connectivity index (χ1v) is 4.48. The zero-order valence-electron chi connectivity index (χ0n) is 7.92. The van der Waals surface area contributed by atoms with Gasteiger partial charge in [-0.3, -0.25) is 9.59 Å². The van der Waals surface area contributed by atoms with E-state index in [2.05, 4.69) is 4.74 Å². The molecule has 80 valence electrons. The Labute approximate surface area is 90.8 Å². The fraction of sp³-hybridized carbons (Fsp3) is 0.200. The van der Waals surface area contributed by atoms with Crippen molar-refractivity contribution in [1.82, 2.24) is 0 Å². The van der Waals surface area contributed by atoms with Gasteiger partial charge in [-0.25, -0.2) is 4.39 Å². The number of carbonyl (C=O) groups excluding carboxylic acids is 2. The van der Waals surface area contributed by atoms with Gasteiger partial charge in [-0.05, 0) is 12.1 Å². The Morgan fingerprint density at radius 1 is 1.47 bits per heavy atom. The number of esters is 1. The van der Waals surface area contributed by atoms with Crippen LogP contribution in [0.3, 0.4) is 0 Å². The highest BCUT2D eigenvalue weighted by Gasteiger charge is 2.16. The monoisotopic (exact) mass is 230 g/mol. The maximum absolute atomic E-state index is 13.0. The van der Waals surface area contributed by atoms with E-state index >= 15 is 0 Å². The van der Waals surface area contributed by atoms with Gasteiger partial charge in [-0.15, -0.1) is 0 Å². The Morgan fingerprint density at radius 2 is 2.13 bits per heavy atom. The summed E-state index contributed by atoms with van der Waals surface area (Å²) in [6, 6.07) is 3.85. The first-order valence-electron chi connectivity index (χ1n) is 4.10. The fourth-order valence-electron chi connectivity index (χ4n) is 1.02. The van der Waals surface area contributed by atoms with E-state index in [4.69, 9.17) is 11.6 Å². The highest BCUT2D eigenvalue weighted by Crippen LogP contribution is 2.20. The summed E-state index contributed by atoms with van der Waals surface area (Å²) in [4.78, 5) is 22.2. The van der Waals surface area contributed by atoms with Gasteiger partial charge in [-0.2, -0.15) is 0 Å². The number of methoxy groups -OCH3 is 1. The molecule has 1 rings (SSSR count). The van der Waals surface area contributed by atoms with Crippen LogP contribution in [0.25, 0.3) is 0 Å². The quantitative estimate of drug-likeness (QED) is 0.454. The van der Waals surface area contributed by atoms with E-state index in [1.54, 1.807) is 0 Å². The first kappa shape index (κ1) is 11.7. The molecule has 15 heavy (non-hydrogen) atoms. The molecule has 0 heterocycles. The lowest BCUT2D eigenvalue weighted by molar-refractivity contribution is -0.139. The van der Waals surface area contributed by atoms with Gasteiger partial charge in [0, 0.05) is 5.56 Å². The summed E-state index contributed by atoms with van der Waals surface area (Å²) in [6.45, 7) is 0. The molecule has 0 fully saturated rings. The second-order valence-corrected chi connectivity index (χ2v) is 3.16. The molecule has 0 atom stereocenters. The van der Waals surface area contributed by atoms with Crippen molar-refractivity contribution in [3.8, 4) is 0 Å². The standard InChI is InChI=1S/C10H8ClFO3/c1-15-9(14)5-8(13)6-3-2-4-7(12)10(6)11/h2-4H,5H2,1H3. The molecule has 1 aromatic rings. The number of Topliss-reactive ketones (excluding diaryl/α,β-unsaturated/α-hetero) is 1. The SMILES string of the molecule is COC(=O)CC(=O)c1cccc(F)c1Cl. The third-order valence-corrected chi connectivity index (χ3v) is 2.17. The molecule has 0 aliphatic heterocycles. The third-order valence-electron chi connectivity index (χ3n) is 1.78. The maximum atomic E-state index is 13.0. The van der Waals surface area contributed by atoms with Gasteiger partial charge in [0.1, 0.15) is 12.2 Å². The van der Waals surface area contributed by atoms with Crippen LogP contribution < -0.4 is 0 Å². The largest absolute Gasteiger partial charge is 0.469 e. The van der Waals surface area contributed by atoms with Gasteiger partial charge in [-0.1, -0.05) is 17.7 Å². The van der Waals surface area contributed by atoms with Gasteiger partial charge in [0.05, 0.1) is 12.1 Å². The van der Waals surface area contributed by atoms with Crippen molar-refractivity contribution in [3.05, 3.63) is 34.6 Å². The molecule has 1 aromatic carbocycles. The molecule has 0 spiro atoms. The summed E-state index contributed by atoms with van der Waals surface area (Å²) in [6.07, 6.45) is -0.445. The summed E-state index contributed by atoms with van der Waals surface area (Å²) in [5, 5.41) is -0.272. The molecular weight excluding hydrogens is 223 g/mol. The number of rotatable bonds is 3. The Bertz CT molecular complexity index is 404. The lowest BCUT2D eigenvalue weighted by Gasteiger charge is -2.02. The van der Waals surface area contributed by atoms with E-state index in [0.29, 0.717) is 0 Å². The normalized spacial score (nSPS) is 9.80. The zero-order valence-corrected chi connectivity index (χ0v) is 8.68. The van der Waals surface area contributed by atoms with Crippen molar-refractivity contribution in [2.45, 2.75) is 6.42 Å². The Kier molecular flexibility index (Phi) is 3.80. The lowest BCUT2D eigenvalue weighted by atomic mass is 10.1. The van der Waals surface area contributed by atoms with Crippen LogP contribution in [0.1, 0.15) is 16.8 Å². The maximum Gasteiger partial charge on any atom is 0.313 e. The number of hydrogen-bond acceptors (Lipinski definition) is 3. The Morgan fingerprint density at radius 3 is 2.73 bits per heavy atom. The number of ketones is 1. The van der Waals surface area contributed by atoms with Crippen LogP contribution in [0.2, 0.25) is 5.02 Å². The Hall–Kier alpha value is -1.42. The number of hydrogen-bond donors (Lipinski definition) is 0. The summed E-state index contributed by atoms with van der Waals surface area (Å²) >= 11 is 5.57. The van der Waals surface area contributed by atoms with Crippen molar-refractivity contribution >= 4 is 23.4 Å². The minimum Gasteiger partial charge on any atom is -0.469 e. The van der Waals surface area contributed by atoms with Crippen LogP contribution >= 0.6 is 11.6 Å². The summed E-state index contributed by atoms with van der Waals surface area (Å²) < 4.78 is 17.3. The highest BCUT2D eigenvalue weighted by molar-refractivity contribution is 6.34. The summed E-state index contributed by atoms with van der Waals surface area (Å²) in [5.74, 6) is -1.93. The summed E-state index contributed by atoms with van der Waals surface area (Å²) in [5.41, 5.74) is -0.0120. The molecule has 5 heteroatoms. The minimum absolute atomic E-state index is 0.0120. The van der Waals surface area contributed by atoms with Gasteiger partial charge < -0.3 is 4.74 Å². The number of benzene rings is 1. The van der Waals surface area contributed by atoms with Crippen LogP contribution in [-0.4, -0.2) is 18.9 Å².